The molecule has 2 rings (SSSR count). The number of benzene rings is 2. The fourth-order valence-electron chi connectivity index (χ4n) is 2.21. The van der Waals surface area contributed by atoms with Crippen molar-refractivity contribution in [3.63, 3.8) is 0 Å². The molecular formula is C18H19BrN2O3. The Bertz CT molecular complexity index is 734. The van der Waals surface area contributed by atoms with E-state index in [9.17, 15) is 9.59 Å². The number of anilines is 1. The molecule has 0 aromatic heterocycles. The van der Waals surface area contributed by atoms with Gasteiger partial charge in [-0.2, -0.15) is 0 Å². The van der Waals surface area contributed by atoms with Gasteiger partial charge in [0.25, 0.3) is 5.91 Å². The Morgan fingerprint density at radius 3 is 2.62 bits per heavy atom. The van der Waals surface area contributed by atoms with E-state index in [1.165, 1.54) is 0 Å². The van der Waals surface area contributed by atoms with Crippen LogP contribution in [0.4, 0.5) is 10.5 Å². The Labute approximate surface area is 149 Å². The van der Waals surface area contributed by atoms with E-state index < -0.39 is 6.09 Å². The second-order valence-electron chi connectivity index (χ2n) is 5.14. The molecule has 0 saturated heterocycles. The molecule has 0 spiro atoms. The van der Waals surface area contributed by atoms with Gasteiger partial charge in [-0.05, 0) is 43.7 Å². The number of rotatable bonds is 5. The number of carbonyl (C=O) groups excluding carboxylic acids is 2. The lowest BCUT2D eigenvalue weighted by Crippen LogP contribution is -2.27. The molecule has 0 heterocycles. The van der Waals surface area contributed by atoms with Crippen molar-refractivity contribution < 1.29 is 14.3 Å². The zero-order chi connectivity index (χ0) is 17.5. The van der Waals surface area contributed by atoms with Crippen molar-refractivity contribution in [3.8, 4) is 0 Å². The number of halogens is 1. The summed E-state index contributed by atoms with van der Waals surface area (Å²) in [4.78, 5) is 23.9. The molecule has 1 unspecified atom stereocenters. The monoisotopic (exact) mass is 390 g/mol. The van der Waals surface area contributed by atoms with Crippen molar-refractivity contribution in [2.75, 3.05) is 11.9 Å². The van der Waals surface area contributed by atoms with E-state index in [1.807, 2.05) is 31.2 Å². The molecule has 2 aromatic rings. The van der Waals surface area contributed by atoms with Crippen LogP contribution in [0.2, 0.25) is 0 Å². The number of amides is 2. The van der Waals surface area contributed by atoms with Crippen LogP contribution in [0.15, 0.2) is 53.0 Å². The maximum Gasteiger partial charge on any atom is 0.411 e. The highest BCUT2D eigenvalue weighted by Gasteiger charge is 2.14. The minimum absolute atomic E-state index is 0.158. The third-order valence-corrected chi connectivity index (χ3v) is 4.09. The predicted molar refractivity (Wildman–Crippen MR) is 97.1 cm³/mol. The molecule has 126 valence electrons. The fraction of sp³-hybridized carbons (Fsp3) is 0.222. The topological polar surface area (TPSA) is 67.4 Å². The second-order valence-corrected chi connectivity index (χ2v) is 6.00. The minimum Gasteiger partial charge on any atom is -0.450 e. The highest BCUT2D eigenvalue weighted by molar-refractivity contribution is 9.10. The van der Waals surface area contributed by atoms with Crippen LogP contribution in [0.3, 0.4) is 0 Å². The molecule has 0 fully saturated rings. The summed E-state index contributed by atoms with van der Waals surface area (Å²) in [6, 6.07) is 14.3. The molecule has 0 radical (unpaired) electrons. The largest absolute Gasteiger partial charge is 0.450 e. The van der Waals surface area contributed by atoms with Gasteiger partial charge in [-0.25, -0.2) is 4.79 Å². The summed E-state index contributed by atoms with van der Waals surface area (Å²) in [7, 11) is 0. The lowest BCUT2D eigenvalue weighted by molar-refractivity contribution is 0.0939. The van der Waals surface area contributed by atoms with Crippen molar-refractivity contribution >= 4 is 33.6 Å². The molecule has 2 aromatic carbocycles. The van der Waals surface area contributed by atoms with E-state index >= 15 is 0 Å². The van der Waals surface area contributed by atoms with E-state index in [-0.39, 0.29) is 18.6 Å². The Hall–Kier alpha value is -2.34. The van der Waals surface area contributed by atoms with Crippen molar-refractivity contribution in [2.45, 2.75) is 19.9 Å². The molecule has 2 N–H and O–H groups in total. The summed E-state index contributed by atoms with van der Waals surface area (Å²) in [5, 5.41) is 5.53. The molecule has 5 nitrogen and oxygen atoms in total. The first kappa shape index (κ1) is 18.0. The number of nitrogens with one attached hydrogen (secondary N) is 2. The van der Waals surface area contributed by atoms with E-state index in [0.29, 0.717) is 11.3 Å². The number of hydrogen-bond acceptors (Lipinski definition) is 3. The molecule has 0 saturated carbocycles. The molecular weight excluding hydrogens is 372 g/mol. The summed E-state index contributed by atoms with van der Waals surface area (Å²) in [6.45, 7) is 3.93. The van der Waals surface area contributed by atoms with Crippen molar-refractivity contribution in [3.05, 3.63) is 64.1 Å². The first-order valence-corrected chi connectivity index (χ1v) is 8.39. The van der Waals surface area contributed by atoms with E-state index in [1.54, 1.807) is 31.2 Å². The van der Waals surface area contributed by atoms with Crippen molar-refractivity contribution in [1.82, 2.24) is 5.32 Å². The second kappa shape index (κ2) is 8.49. The number of ether oxygens (including phenoxy) is 1. The van der Waals surface area contributed by atoms with Crippen LogP contribution in [0.5, 0.6) is 0 Å². The Kier molecular flexibility index (Phi) is 6.37. The van der Waals surface area contributed by atoms with Crippen LogP contribution < -0.4 is 10.6 Å². The SMILES string of the molecule is CCOC(=O)Nc1cccc(C(=O)NC(C)c2ccccc2Br)c1. The van der Waals surface area contributed by atoms with Gasteiger partial charge in [0.1, 0.15) is 0 Å². The van der Waals surface area contributed by atoms with E-state index in [2.05, 4.69) is 26.6 Å². The molecule has 6 heteroatoms. The minimum atomic E-state index is -0.545. The molecule has 24 heavy (non-hydrogen) atoms. The highest BCUT2D eigenvalue weighted by Crippen LogP contribution is 2.23. The Balaban J connectivity index is 2.07. The van der Waals surface area contributed by atoms with Gasteiger partial charge >= 0.3 is 6.09 Å². The Morgan fingerprint density at radius 1 is 1.17 bits per heavy atom. The molecule has 0 aliphatic heterocycles. The standard InChI is InChI=1S/C18H19BrN2O3/c1-3-24-18(23)21-14-8-6-7-13(11-14)17(22)20-12(2)15-9-4-5-10-16(15)19/h4-12H,3H2,1-2H3,(H,20,22)(H,21,23). The quantitative estimate of drug-likeness (QED) is 0.788. The average Bonchev–Trinajstić information content (AvgIpc) is 2.55. The van der Waals surface area contributed by atoms with Crippen LogP contribution >= 0.6 is 15.9 Å². The van der Waals surface area contributed by atoms with Gasteiger partial charge < -0.3 is 10.1 Å². The maximum absolute atomic E-state index is 12.4. The van der Waals surface area contributed by atoms with Crippen LogP contribution in [0.1, 0.15) is 35.8 Å². The fourth-order valence-corrected chi connectivity index (χ4v) is 2.84. The average molecular weight is 391 g/mol. The molecule has 1 atom stereocenters. The molecule has 0 aliphatic rings. The van der Waals surface area contributed by atoms with Crippen LogP contribution in [-0.4, -0.2) is 18.6 Å². The van der Waals surface area contributed by atoms with Gasteiger partial charge in [-0.15, -0.1) is 0 Å². The summed E-state index contributed by atoms with van der Waals surface area (Å²) in [5.74, 6) is -0.217. The summed E-state index contributed by atoms with van der Waals surface area (Å²) >= 11 is 3.48. The zero-order valence-corrected chi connectivity index (χ0v) is 15.1. The highest BCUT2D eigenvalue weighted by atomic mass is 79.9. The third-order valence-electron chi connectivity index (χ3n) is 3.37. The van der Waals surface area contributed by atoms with Gasteiger partial charge in [-0.3, -0.25) is 10.1 Å². The van der Waals surface area contributed by atoms with Crippen LogP contribution in [-0.2, 0) is 4.74 Å². The maximum atomic E-state index is 12.4. The van der Waals surface area contributed by atoms with E-state index in [4.69, 9.17) is 4.74 Å². The zero-order valence-electron chi connectivity index (χ0n) is 13.5. The van der Waals surface area contributed by atoms with Gasteiger partial charge in [0.2, 0.25) is 0 Å². The third kappa shape index (κ3) is 4.83. The lowest BCUT2D eigenvalue weighted by atomic mass is 10.1. The van der Waals surface area contributed by atoms with E-state index in [0.717, 1.165) is 10.0 Å². The Morgan fingerprint density at radius 2 is 1.92 bits per heavy atom. The number of carbonyl (C=O) groups is 2. The number of hydrogen-bond donors (Lipinski definition) is 2. The first-order chi connectivity index (χ1) is 11.5. The summed E-state index contributed by atoms with van der Waals surface area (Å²) in [6.07, 6.45) is -0.545. The van der Waals surface area contributed by atoms with Crippen molar-refractivity contribution in [1.29, 1.82) is 0 Å². The predicted octanol–water partition coefficient (Wildman–Crippen LogP) is 4.51. The summed E-state index contributed by atoms with van der Waals surface area (Å²) < 4.78 is 5.77. The van der Waals surface area contributed by atoms with Crippen LogP contribution in [0, 0.1) is 0 Å². The van der Waals surface area contributed by atoms with Crippen LogP contribution in [0.25, 0.3) is 0 Å². The normalized spacial score (nSPS) is 11.5. The van der Waals surface area contributed by atoms with Gasteiger partial charge in [-0.1, -0.05) is 40.2 Å². The van der Waals surface area contributed by atoms with Gasteiger partial charge in [0.05, 0.1) is 12.6 Å². The van der Waals surface area contributed by atoms with Gasteiger partial charge in [0, 0.05) is 15.7 Å². The first-order valence-electron chi connectivity index (χ1n) is 7.60. The molecule has 0 aliphatic carbocycles. The smallest absolute Gasteiger partial charge is 0.411 e. The van der Waals surface area contributed by atoms with Gasteiger partial charge in [0.15, 0.2) is 0 Å². The summed E-state index contributed by atoms with van der Waals surface area (Å²) in [5.41, 5.74) is 1.96. The molecule has 2 amide bonds. The lowest BCUT2D eigenvalue weighted by Gasteiger charge is -2.16. The molecule has 0 bridgehead atoms. The van der Waals surface area contributed by atoms with Crippen molar-refractivity contribution in [2.24, 2.45) is 0 Å².